The van der Waals surface area contributed by atoms with Crippen molar-refractivity contribution in [3.05, 3.63) is 65.2 Å². The van der Waals surface area contributed by atoms with E-state index in [2.05, 4.69) is 10.6 Å². The molecule has 0 bridgehead atoms. The lowest BCUT2D eigenvalue weighted by Crippen LogP contribution is -2.38. The summed E-state index contributed by atoms with van der Waals surface area (Å²) in [6, 6.07) is 10.6. The van der Waals surface area contributed by atoms with Crippen molar-refractivity contribution in [1.82, 2.24) is 10.6 Å². The Bertz CT molecular complexity index is 806. The number of benzene rings is 2. The van der Waals surface area contributed by atoms with Crippen LogP contribution in [0.4, 0.5) is 8.78 Å². The number of para-hydroxylation sites is 1. The number of hydrogen-bond donors (Lipinski definition) is 2. The van der Waals surface area contributed by atoms with Crippen molar-refractivity contribution >= 4 is 11.8 Å². The Hall–Kier alpha value is -2.96. The second-order valence-corrected chi connectivity index (χ2v) is 5.87. The monoisotopic (exact) mass is 360 g/mol. The lowest BCUT2D eigenvalue weighted by molar-refractivity contribution is -0.123. The fourth-order valence-corrected chi connectivity index (χ4v) is 2.90. The number of nitrogens with one attached hydrogen (secondary N) is 2. The first-order chi connectivity index (χ1) is 12.6. The molecule has 1 atom stereocenters. The van der Waals surface area contributed by atoms with Gasteiger partial charge in [-0.05, 0) is 24.6 Å². The lowest BCUT2D eigenvalue weighted by Gasteiger charge is -2.25. The molecule has 1 aliphatic rings. The maximum atomic E-state index is 13.5. The predicted molar refractivity (Wildman–Crippen MR) is 91.0 cm³/mol. The molecule has 7 heteroatoms. The Labute approximate surface area is 149 Å². The quantitative estimate of drug-likeness (QED) is 0.805. The summed E-state index contributed by atoms with van der Waals surface area (Å²) in [6.45, 7) is 0.668. The highest BCUT2D eigenvalue weighted by molar-refractivity contribution is 5.94. The SMILES string of the molecule is O=C(NCCNC(=O)C1CCOc2ccccc21)c1c(F)cccc1F. The number of hydrogen-bond acceptors (Lipinski definition) is 3. The van der Waals surface area contributed by atoms with E-state index < -0.39 is 23.1 Å². The van der Waals surface area contributed by atoms with Crippen LogP contribution in [-0.4, -0.2) is 31.5 Å². The molecule has 1 heterocycles. The smallest absolute Gasteiger partial charge is 0.257 e. The first kappa shape index (κ1) is 17.8. The topological polar surface area (TPSA) is 67.4 Å². The molecule has 1 aliphatic heterocycles. The van der Waals surface area contributed by atoms with E-state index in [1.54, 1.807) is 0 Å². The minimum atomic E-state index is -0.926. The molecule has 2 aromatic carbocycles. The van der Waals surface area contributed by atoms with Gasteiger partial charge < -0.3 is 15.4 Å². The zero-order valence-corrected chi connectivity index (χ0v) is 13.9. The molecule has 2 N–H and O–H groups in total. The second kappa shape index (κ2) is 7.95. The normalized spacial score (nSPS) is 15.5. The van der Waals surface area contributed by atoms with Gasteiger partial charge in [0.15, 0.2) is 0 Å². The molecule has 0 saturated heterocycles. The molecule has 0 aromatic heterocycles. The summed E-state index contributed by atoms with van der Waals surface area (Å²) in [5.74, 6) is -2.50. The Kier molecular flexibility index (Phi) is 5.46. The van der Waals surface area contributed by atoms with E-state index in [0.717, 1.165) is 17.7 Å². The molecule has 26 heavy (non-hydrogen) atoms. The van der Waals surface area contributed by atoms with Crippen LogP contribution in [-0.2, 0) is 4.79 Å². The zero-order valence-electron chi connectivity index (χ0n) is 13.9. The van der Waals surface area contributed by atoms with Gasteiger partial charge in [-0.1, -0.05) is 24.3 Å². The number of carbonyl (C=O) groups excluding carboxylic acids is 2. The summed E-state index contributed by atoms with van der Waals surface area (Å²) in [4.78, 5) is 24.3. The average Bonchev–Trinajstić information content (AvgIpc) is 2.64. The van der Waals surface area contributed by atoms with Gasteiger partial charge in [0.1, 0.15) is 22.9 Å². The summed E-state index contributed by atoms with van der Waals surface area (Å²) < 4.78 is 32.6. The molecule has 0 aliphatic carbocycles. The van der Waals surface area contributed by atoms with E-state index in [9.17, 15) is 18.4 Å². The molecule has 2 amide bonds. The number of fused-ring (bicyclic) bond motifs is 1. The Balaban J connectivity index is 1.51. The summed E-state index contributed by atoms with van der Waals surface area (Å²) in [5.41, 5.74) is 0.200. The average molecular weight is 360 g/mol. The number of ether oxygens (including phenoxy) is 1. The van der Waals surface area contributed by atoms with Crippen LogP contribution in [0.3, 0.4) is 0 Å². The second-order valence-electron chi connectivity index (χ2n) is 5.87. The van der Waals surface area contributed by atoms with Crippen molar-refractivity contribution < 1.29 is 23.1 Å². The van der Waals surface area contributed by atoms with E-state index in [4.69, 9.17) is 4.74 Å². The molecule has 0 fully saturated rings. The maximum absolute atomic E-state index is 13.5. The van der Waals surface area contributed by atoms with Crippen molar-refractivity contribution in [1.29, 1.82) is 0 Å². The first-order valence-electron chi connectivity index (χ1n) is 8.29. The summed E-state index contributed by atoms with van der Waals surface area (Å²) in [6.07, 6.45) is 0.565. The van der Waals surface area contributed by atoms with Gasteiger partial charge in [-0.15, -0.1) is 0 Å². The van der Waals surface area contributed by atoms with Crippen molar-refractivity contribution in [2.75, 3.05) is 19.7 Å². The van der Waals surface area contributed by atoms with E-state index in [1.807, 2.05) is 24.3 Å². The van der Waals surface area contributed by atoms with Crippen LogP contribution in [0, 0.1) is 11.6 Å². The van der Waals surface area contributed by atoms with Gasteiger partial charge in [0.05, 0.1) is 12.5 Å². The van der Waals surface area contributed by atoms with E-state index in [-0.39, 0.29) is 24.9 Å². The molecular formula is C19H18F2N2O3. The fourth-order valence-electron chi connectivity index (χ4n) is 2.90. The largest absolute Gasteiger partial charge is 0.493 e. The third kappa shape index (κ3) is 3.82. The highest BCUT2D eigenvalue weighted by atomic mass is 19.1. The Morgan fingerprint density at radius 1 is 1.00 bits per heavy atom. The van der Waals surface area contributed by atoms with Crippen LogP contribution in [0.2, 0.25) is 0 Å². The van der Waals surface area contributed by atoms with E-state index >= 15 is 0 Å². The molecule has 3 rings (SSSR count). The maximum Gasteiger partial charge on any atom is 0.257 e. The van der Waals surface area contributed by atoms with Crippen LogP contribution in [0.15, 0.2) is 42.5 Å². The third-order valence-electron chi connectivity index (χ3n) is 4.17. The van der Waals surface area contributed by atoms with Gasteiger partial charge in [-0.2, -0.15) is 0 Å². The van der Waals surface area contributed by atoms with Crippen molar-refractivity contribution in [2.24, 2.45) is 0 Å². The number of amides is 2. The van der Waals surface area contributed by atoms with Crippen molar-refractivity contribution in [2.45, 2.75) is 12.3 Å². The van der Waals surface area contributed by atoms with Gasteiger partial charge in [-0.3, -0.25) is 9.59 Å². The fraction of sp³-hybridized carbons (Fsp3) is 0.263. The molecule has 0 radical (unpaired) electrons. The van der Waals surface area contributed by atoms with Crippen LogP contribution >= 0.6 is 0 Å². The highest BCUT2D eigenvalue weighted by Crippen LogP contribution is 2.33. The van der Waals surface area contributed by atoms with Crippen molar-refractivity contribution in [3.63, 3.8) is 0 Å². The summed E-state index contributed by atoms with van der Waals surface area (Å²) >= 11 is 0. The molecule has 5 nitrogen and oxygen atoms in total. The molecule has 1 unspecified atom stereocenters. The van der Waals surface area contributed by atoms with E-state index in [1.165, 1.54) is 6.07 Å². The van der Waals surface area contributed by atoms with Crippen LogP contribution < -0.4 is 15.4 Å². The number of rotatable bonds is 5. The van der Waals surface area contributed by atoms with Gasteiger partial charge >= 0.3 is 0 Å². The predicted octanol–water partition coefficient (Wildman–Crippen LogP) is 2.38. The standard InChI is InChI=1S/C19H18F2N2O3/c20-14-5-3-6-15(21)17(14)19(25)23-10-9-22-18(24)13-8-11-26-16-7-2-1-4-12(13)16/h1-7,13H,8-11H2,(H,22,24)(H,23,25). The van der Waals surface area contributed by atoms with Gasteiger partial charge in [-0.25, -0.2) is 8.78 Å². The summed E-state index contributed by atoms with van der Waals surface area (Å²) in [5, 5.41) is 5.13. The molecule has 2 aromatic rings. The Morgan fingerprint density at radius 2 is 1.69 bits per heavy atom. The van der Waals surface area contributed by atoms with Crippen LogP contribution in [0.5, 0.6) is 5.75 Å². The minimum absolute atomic E-state index is 0.0587. The third-order valence-corrected chi connectivity index (χ3v) is 4.17. The molecule has 136 valence electrons. The highest BCUT2D eigenvalue weighted by Gasteiger charge is 2.27. The van der Waals surface area contributed by atoms with Crippen molar-refractivity contribution in [3.8, 4) is 5.75 Å². The first-order valence-corrected chi connectivity index (χ1v) is 8.29. The lowest BCUT2D eigenvalue weighted by atomic mass is 9.92. The van der Waals surface area contributed by atoms with Gasteiger partial charge in [0.2, 0.25) is 5.91 Å². The van der Waals surface area contributed by atoms with Gasteiger partial charge in [0, 0.05) is 18.7 Å². The molecular weight excluding hydrogens is 342 g/mol. The number of carbonyl (C=O) groups is 2. The Morgan fingerprint density at radius 3 is 2.46 bits per heavy atom. The van der Waals surface area contributed by atoms with Crippen LogP contribution in [0.1, 0.15) is 28.3 Å². The van der Waals surface area contributed by atoms with Crippen LogP contribution in [0.25, 0.3) is 0 Å². The number of halogens is 2. The van der Waals surface area contributed by atoms with Gasteiger partial charge in [0.25, 0.3) is 5.91 Å². The van der Waals surface area contributed by atoms with E-state index in [0.29, 0.717) is 18.8 Å². The summed E-state index contributed by atoms with van der Waals surface area (Å²) in [7, 11) is 0. The zero-order chi connectivity index (χ0) is 18.5. The molecule has 0 spiro atoms. The minimum Gasteiger partial charge on any atom is -0.493 e. The molecule has 0 saturated carbocycles.